The van der Waals surface area contributed by atoms with E-state index in [0.717, 1.165) is 22.0 Å². The first-order chi connectivity index (χ1) is 19.3. The largest absolute Gasteiger partial charge is 0.268 e. The summed E-state index contributed by atoms with van der Waals surface area (Å²) in [5, 5.41) is 0.477. The number of halogens is 1. The zero-order chi connectivity index (χ0) is 28.3. The van der Waals surface area contributed by atoms with Gasteiger partial charge in [-0.15, -0.1) is 0 Å². The predicted octanol–water partition coefficient (Wildman–Crippen LogP) is 6.71. The summed E-state index contributed by atoms with van der Waals surface area (Å²) in [4.78, 5) is 19.0. The number of aromatic nitrogens is 2. The van der Waals surface area contributed by atoms with Gasteiger partial charge in [-0.05, 0) is 79.4 Å². The van der Waals surface area contributed by atoms with Crippen molar-refractivity contribution in [2.45, 2.75) is 37.6 Å². The van der Waals surface area contributed by atoms with Gasteiger partial charge in [-0.2, -0.15) is 4.31 Å². The minimum absolute atomic E-state index is 0.178. The Kier molecular flexibility index (Phi) is 8.30. The van der Waals surface area contributed by atoms with Crippen molar-refractivity contribution >= 4 is 36.9 Å². The Labute approximate surface area is 243 Å². The molecule has 204 valence electrons. The second-order valence-electron chi connectivity index (χ2n) is 9.63. The first kappa shape index (κ1) is 28.0. The molecule has 4 aromatic carbocycles. The molecular formula is C32H30BrN3O3S. The summed E-state index contributed by atoms with van der Waals surface area (Å²) >= 11 is 3.40. The second-order valence-corrected chi connectivity index (χ2v) is 12.4. The zero-order valence-corrected chi connectivity index (χ0v) is 24.8. The van der Waals surface area contributed by atoms with Gasteiger partial charge in [-0.1, -0.05) is 77.5 Å². The number of fused-ring (bicyclic) bond motifs is 1. The molecule has 1 aromatic heterocycles. The van der Waals surface area contributed by atoms with Crippen LogP contribution in [0.5, 0.6) is 0 Å². The molecule has 0 radical (unpaired) electrons. The molecule has 8 heteroatoms. The molecule has 0 bridgehead atoms. The van der Waals surface area contributed by atoms with Crippen LogP contribution >= 0.6 is 15.9 Å². The summed E-state index contributed by atoms with van der Waals surface area (Å²) in [6.07, 6.45) is 1.37. The molecule has 0 fully saturated rings. The van der Waals surface area contributed by atoms with E-state index in [1.165, 1.54) is 4.31 Å². The summed E-state index contributed by atoms with van der Waals surface area (Å²) < 4.78 is 32.1. The van der Waals surface area contributed by atoms with Gasteiger partial charge in [0.05, 0.1) is 27.5 Å². The van der Waals surface area contributed by atoms with Gasteiger partial charge >= 0.3 is 0 Å². The third kappa shape index (κ3) is 5.66. The van der Waals surface area contributed by atoms with E-state index in [9.17, 15) is 13.2 Å². The summed E-state index contributed by atoms with van der Waals surface area (Å²) in [6.45, 7) is 4.08. The monoisotopic (exact) mass is 615 g/mol. The number of sulfonamides is 1. The number of aryl methyl sites for hydroxylation is 1. The van der Waals surface area contributed by atoms with Crippen molar-refractivity contribution in [2.75, 3.05) is 6.54 Å². The van der Waals surface area contributed by atoms with E-state index in [2.05, 4.69) is 22.9 Å². The van der Waals surface area contributed by atoms with Gasteiger partial charge in [0.1, 0.15) is 5.82 Å². The number of rotatable bonds is 9. The lowest BCUT2D eigenvalue weighted by atomic mass is 10.1. The van der Waals surface area contributed by atoms with Gasteiger partial charge < -0.3 is 0 Å². The van der Waals surface area contributed by atoms with Crippen molar-refractivity contribution in [1.82, 2.24) is 13.9 Å². The highest BCUT2D eigenvalue weighted by Crippen LogP contribution is 2.29. The smallest absolute Gasteiger partial charge is 0.266 e. The molecule has 1 atom stereocenters. The van der Waals surface area contributed by atoms with E-state index in [4.69, 9.17) is 4.98 Å². The maximum atomic E-state index is 14.2. The molecule has 0 saturated heterocycles. The lowest BCUT2D eigenvalue weighted by Crippen LogP contribution is -2.38. The normalized spacial score (nSPS) is 12.6. The highest BCUT2D eigenvalue weighted by molar-refractivity contribution is 9.10. The average Bonchev–Trinajstić information content (AvgIpc) is 2.98. The Morgan fingerprint density at radius 3 is 2.17 bits per heavy atom. The maximum Gasteiger partial charge on any atom is 0.266 e. The standard InChI is InChI=1S/C32H30BrN3O3S/c1-3-24-13-17-27(18-14-24)36-31(34-30-12-8-7-11-29(30)32(36)37)23(2)35(22-21-25-9-5-4-6-10-25)40(38,39)28-19-15-26(33)16-20-28/h4-20,23H,3,21-22H2,1-2H3. The van der Waals surface area contributed by atoms with E-state index >= 15 is 0 Å². The van der Waals surface area contributed by atoms with Crippen molar-refractivity contribution < 1.29 is 8.42 Å². The number of hydrogen-bond acceptors (Lipinski definition) is 4. The Balaban J connectivity index is 1.68. The summed E-state index contributed by atoms with van der Waals surface area (Å²) in [5.74, 6) is 0.363. The number of para-hydroxylation sites is 1. The van der Waals surface area contributed by atoms with E-state index < -0.39 is 16.1 Å². The van der Waals surface area contributed by atoms with Crippen LogP contribution in [0, 0.1) is 0 Å². The van der Waals surface area contributed by atoms with Crippen LogP contribution in [0.15, 0.2) is 117 Å². The highest BCUT2D eigenvalue weighted by atomic mass is 79.9. The Morgan fingerprint density at radius 1 is 0.850 bits per heavy atom. The molecule has 0 aliphatic heterocycles. The fourth-order valence-electron chi connectivity index (χ4n) is 4.84. The third-order valence-electron chi connectivity index (χ3n) is 7.09. The minimum atomic E-state index is -3.95. The van der Waals surface area contributed by atoms with E-state index in [-0.39, 0.29) is 17.0 Å². The average molecular weight is 617 g/mol. The molecule has 0 N–H and O–H groups in total. The number of hydrogen-bond donors (Lipinski definition) is 0. The molecule has 0 amide bonds. The molecule has 5 rings (SSSR count). The van der Waals surface area contributed by atoms with Gasteiger partial charge in [0, 0.05) is 11.0 Å². The highest BCUT2D eigenvalue weighted by Gasteiger charge is 2.33. The fourth-order valence-corrected chi connectivity index (χ4v) is 6.69. The van der Waals surface area contributed by atoms with Crippen LogP contribution < -0.4 is 5.56 Å². The van der Waals surface area contributed by atoms with Crippen molar-refractivity contribution in [3.63, 3.8) is 0 Å². The zero-order valence-electron chi connectivity index (χ0n) is 22.4. The van der Waals surface area contributed by atoms with Gasteiger partial charge in [-0.3, -0.25) is 9.36 Å². The molecule has 0 saturated carbocycles. The summed E-state index contributed by atoms with van der Waals surface area (Å²) in [7, 11) is -3.95. The molecule has 1 heterocycles. The molecular weight excluding hydrogens is 586 g/mol. The van der Waals surface area contributed by atoms with Crippen LogP contribution in [0.4, 0.5) is 0 Å². The number of nitrogens with zero attached hydrogens (tertiary/aromatic N) is 3. The lowest BCUT2D eigenvalue weighted by Gasteiger charge is -2.30. The molecule has 5 aromatic rings. The van der Waals surface area contributed by atoms with Gasteiger partial charge in [0.15, 0.2) is 0 Å². The van der Waals surface area contributed by atoms with Gasteiger partial charge in [0.25, 0.3) is 5.56 Å². The fraction of sp³-hybridized carbons (Fsp3) is 0.188. The molecule has 0 spiro atoms. The van der Waals surface area contributed by atoms with Gasteiger partial charge in [0.2, 0.25) is 10.0 Å². The molecule has 40 heavy (non-hydrogen) atoms. The number of benzene rings is 4. The molecule has 0 aliphatic carbocycles. The van der Waals surface area contributed by atoms with Crippen molar-refractivity contribution in [2.24, 2.45) is 0 Å². The Bertz CT molecular complexity index is 1790. The molecule has 6 nitrogen and oxygen atoms in total. The van der Waals surface area contributed by atoms with E-state index in [0.29, 0.717) is 28.8 Å². The predicted molar refractivity (Wildman–Crippen MR) is 163 cm³/mol. The third-order valence-corrected chi connectivity index (χ3v) is 9.61. The Hall–Kier alpha value is -3.59. The summed E-state index contributed by atoms with van der Waals surface area (Å²) in [5.41, 5.74) is 3.10. The van der Waals surface area contributed by atoms with Crippen LogP contribution in [0.2, 0.25) is 0 Å². The van der Waals surface area contributed by atoms with Crippen LogP contribution in [0.1, 0.15) is 36.8 Å². The van der Waals surface area contributed by atoms with Crippen LogP contribution in [0.25, 0.3) is 16.6 Å². The van der Waals surface area contributed by atoms with E-state index in [1.54, 1.807) is 47.9 Å². The quantitative estimate of drug-likeness (QED) is 0.185. The lowest BCUT2D eigenvalue weighted by molar-refractivity contribution is 0.330. The van der Waals surface area contributed by atoms with Crippen LogP contribution in [-0.4, -0.2) is 28.8 Å². The summed E-state index contributed by atoms with van der Waals surface area (Å²) in [6, 6.07) is 30.6. The van der Waals surface area contributed by atoms with Crippen LogP contribution in [-0.2, 0) is 22.9 Å². The molecule has 0 aliphatic rings. The first-order valence-electron chi connectivity index (χ1n) is 13.2. The first-order valence-corrected chi connectivity index (χ1v) is 15.4. The topological polar surface area (TPSA) is 72.3 Å². The van der Waals surface area contributed by atoms with Crippen molar-refractivity contribution in [1.29, 1.82) is 0 Å². The van der Waals surface area contributed by atoms with Crippen molar-refractivity contribution in [3.8, 4) is 5.69 Å². The Morgan fingerprint density at radius 2 is 1.50 bits per heavy atom. The maximum absolute atomic E-state index is 14.2. The van der Waals surface area contributed by atoms with Crippen LogP contribution in [0.3, 0.4) is 0 Å². The molecule has 1 unspecified atom stereocenters. The van der Waals surface area contributed by atoms with Gasteiger partial charge in [-0.25, -0.2) is 13.4 Å². The van der Waals surface area contributed by atoms with Crippen molar-refractivity contribution in [3.05, 3.63) is 135 Å². The van der Waals surface area contributed by atoms with E-state index in [1.807, 2.05) is 66.7 Å². The SMILES string of the molecule is CCc1ccc(-n2c(C(C)N(CCc3ccccc3)S(=O)(=O)c3ccc(Br)cc3)nc3ccccc3c2=O)cc1. The second kappa shape index (κ2) is 11.9. The minimum Gasteiger partial charge on any atom is -0.268 e.